The molecule has 1 amide bonds. The smallest absolute Gasteiger partial charge is 0.236 e. The van der Waals surface area contributed by atoms with Crippen LogP contribution >= 0.6 is 0 Å². The van der Waals surface area contributed by atoms with Crippen LogP contribution < -0.4 is 9.64 Å². The molecule has 7 heteroatoms. The van der Waals surface area contributed by atoms with Gasteiger partial charge in [-0.05, 0) is 43.7 Å². The number of methoxy groups -OCH3 is 1. The Bertz CT molecular complexity index is 870. The van der Waals surface area contributed by atoms with Crippen molar-refractivity contribution < 1.29 is 9.53 Å². The molecule has 2 fully saturated rings. The molecule has 172 valence electrons. The number of rotatable bonds is 7. The number of piperazine rings is 1. The van der Waals surface area contributed by atoms with Gasteiger partial charge in [0.05, 0.1) is 19.3 Å². The molecule has 32 heavy (non-hydrogen) atoms. The van der Waals surface area contributed by atoms with Crippen molar-refractivity contribution in [1.29, 1.82) is 0 Å². The summed E-state index contributed by atoms with van der Waals surface area (Å²) in [5, 5.41) is 0. The average molecular weight is 438 g/mol. The summed E-state index contributed by atoms with van der Waals surface area (Å²) in [7, 11) is 3.74. The maximum absolute atomic E-state index is 13.0. The fourth-order valence-electron chi connectivity index (χ4n) is 4.89. The van der Waals surface area contributed by atoms with E-state index in [9.17, 15) is 4.79 Å². The minimum absolute atomic E-state index is 0.230. The van der Waals surface area contributed by atoms with Crippen LogP contribution in [-0.2, 0) is 11.3 Å². The number of benzene rings is 1. The molecule has 2 aromatic rings. The number of nitrogens with zero attached hydrogens (tertiary/aromatic N) is 5. The van der Waals surface area contributed by atoms with Crippen molar-refractivity contribution in [3.8, 4) is 5.75 Å². The zero-order chi connectivity index (χ0) is 22.3. The third-order valence-electron chi connectivity index (χ3n) is 6.59. The van der Waals surface area contributed by atoms with Gasteiger partial charge in [-0.2, -0.15) is 0 Å². The Hall–Kier alpha value is -2.64. The van der Waals surface area contributed by atoms with Crippen LogP contribution in [0.2, 0.25) is 0 Å². The lowest BCUT2D eigenvalue weighted by Crippen LogP contribution is -2.56. The second-order valence-electron chi connectivity index (χ2n) is 8.86. The molecule has 3 heterocycles. The molecule has 0 radical (unpaired) electrons. The topological polar surface area (TPSA) is 52.2 Å². The van der Waals surface area contributed by atoms with Gasteiger partial charge in [-0.25, -0.2) is 0 Å². The van der Waals surface area contributed by atoms with Crippen LogP contribution in [0.25, 0.3) is 0 Å². The van der Waals surface area contributed by atoms with E-state index >= 15 is 0 Å². The lowest BCUT2D eigenvalue weighted by atomic mass is 10.0. The quantitative estimate of drug-likeness (QED) is 0.663. The number of carbonyl (C=O) groups is 1. The van der Waals surface area contributed by atoms with Crippen LogP contribution in [0.1, 0.15) is 18.4 Å². The third kappa shape index (κ3) is 5.58. The molecule has 7 nitrogen and oxygen atoms in total. The van der Waals surface area contributed by atoms with Gasteiger partial charge in [-0.1, -0.05) is 18.2 Å². The molecule has 0 bridgehead atoms. The summed E-state index contributed by atoms with van der Waals surface area (Å²) >= 11 is 0. The number of piperidine rings is 1. The highest BCUT2D eigenvalue weighted by Crippen LogP contribution is 2.29. The molecule has 2 aliphatic rings. The number of likely N-dealkylation sites (tertiary alicyclic amines) is 1. The molecule has 2 saturated heterocycles. The lowest BCUT2D eigenvalue weighted by Gasteiger charge is -2.44. The van der Waals surface area contributed by atoms with E-state index in [0.29, 0.717) is 12.6 Å². The number of hydrogen-bond acceptors (Lipinski definition) is 6. The van der Waals surface area contributed by atoms with E-state index in [-0.39, 0.29) is 5.91 Å². The molecule has 0 aliphatic carbocycles. The summed E-state index contributed by atoms with van der Waals surface area (Å²) in [5.41, 5.74) is 2.30. The van der Waals surface area contributed by atoms with E-state index in [1.807, 2.05) is 31.4 Å². The van der Waals surface area contributed by atoms with Crippen molar-refractivity contribution in [1.82, 2.24) is 19.7 Å². The van der Waals surface area contributed by atoms with Crippen molar-refractivity contribution in [2.24, 2.45) is 0 Å². The van der Waals surface area contributed by atoms with E-state index in [0.717, 1.165) is 63.5 Å². The van der Waals surface area contributed by atoms with Gasteiger partial charge in [0.25, 0.3) is 0 Å². The minimum atomic E-state index is 0.230. The van der Waals surface area contributed by atoms with Crippen LogP contribution in [0.4, 0.5) is 5.69 Å². The monoisotopic (exact) mass is 437 g/mol. The summed E-state index contributed by atoms with van der Waals surface area (Å²) in [6.45, 7) is 6.91. The number of hydrogen-bond donors (Lipinski definition) is 0. The van der Waals surface area contributed by atoms with Crippen molar-refractivity contribution >= 4 is 11.6 Å². The Morgan fingerprint density at radius 1 is 1.12 bits per heavy atom. The molecule has 1 atom stereocenters. The number of likely N-dealkylation sites (N-methyl/N-ethyl adjacent to an activating group) is 1. The van der Waals surface area contributed by atoms with Crippen molar-refractivity contribution in [2.45, 2.75) is 25.4 Å². The molecular formula is C25H35N5O2. The van der Waals surface area contributed by atoms with E-state index < -0.39 is 0 Å². The van der Waals surface area contributed by atoms with Crippen LogP contribution in [0, 0.1) is 0 Å². The van der Waals surface area contributed by atoms with Gasteiger partial charge in [0.15, 0.2) is 0 Å². The van der Waals surface area contributed by atoms with E-state index in [2.05, 4.69) is 42.8 Å². The Balaban J connectivity index is 1.27. The zero-order valence-corrected chi connectivity index (χ0v) is 19.3. The second kappa shape index (κ2) is 10.8. The van der Waals surface area contributed by atoms with Gasteiger partial charge in [-0.3, -0.25) is 19.6 Å². The average Bonchev–Trinajstić information content (AvgIpc) is 2.84. The van der Waals surface area contributed by atoms with Gasteiger partial charge in [-0.15, -0.1) is 0 Å². The minimum Gasteiger partial charge on any atom is -0.495 e. The lowest BCUT2D eigenvalue weighted by molar-refractivity contribution is -0.134. The van der Waals surface area contributed by atoms with E-state index in [4.69, 9.17) is 4.74 Å². The molecular weight excluding hydrogens is 402 g/mol. The third-order valence-corrected chi connectivity index (χ3v) is 6.59. The standard InChI is InChI=1S/C25H35N5O2/c1-27(18-21-7-5-11-26-17-21)20-25(31)30-12-6-8-22(19-30)28-13-15-29(16-14-28)23-9-3-4-10-24(23)32-2/h3-5,7,9-11,17,22H,6,8,12-16,18-20H2,1-2H3. The van der Waals surface area contributed by atoms with Gasteiger partial charge >= 0.3 is 0 Å². The number of ether oxygens (including phenoxy) is 1. The SMILES string of the molecule is COc1ccccc1N1CCN(C2CCCN(C(=O)CN(C)Cc3cccnc3)C2)CC1. The predicted molar refractivity (Wildman–Crippen MR) is 127 cm³/mol. The first-order valence-corrected chi connectivity index (χ1v) is 11.6. The maximum atomic E-state index is 13.0. The Morgan fingerprint density at radius 3 is 2.69 bits per heavy atom. The first kappa shape index (κ1) is 22.6. The summed E-state index contributed by atoms with van der Waals surface area (Å²) in [5.74, 6) is 1.17. The molecule has 1 aromatic carbocycles. The Kier molecular flexibility index (Phi) is 7.60. The molecule has 4 rings (SSSR count). The fraction of sp³-hybridized carbons (Fsp3) is 0.520. The van der Waals surface area contributed by atoms with E-state index in [1.165, 1.54) is 12.1 Å². The highest BCUT2D eigenvalue weighted by Gasteiger charge is 2.30. The largest absolute Gasteiger partial charge is 0.495 e. The van der Waals surface area contributed by atoms with Gasteiger partial charge in [0, 0.05) is 64.2 Å². The molecule has 0 spiro atoms. The second-order valence-corrected chi connectivity index (χ2v) is 8.86. The van der Waals surface area contributed by atoms with Crippen LogP contribution in [0.3, 0.4) is 0 Å². The highest BCUT2D eigenvalue weighted by atomic mass is 16.5. The number of anilines is 1. The predicted octanol–water partition coefficient (Wildman–Crippen LogP) is 2.34. The maximum Gasteiger partial charge on any atom is 0.236 e. The van der Waals surface area contributed by atoms with Crippen molar-refractivity contribution in [3.05, 3.63) is 54.4 Å². The normalized spacial score (nSPS) is 19.9. The summed E-state index contributed by atoms with van der Waals surface area (Å²) in [4.78, 5) is 26.3. The fourth-order valence-corrected chi connectivity index (χ4v) is 4.89. The molecule has 2 aliphatic heterocycles. The number of aromatic nitrogens is 1. The molecule has 0 N–H and O–H groups in total. The molecule has 1 unspecified atom stereocenters. The van der Waals surface area contributed by atoms with Crippen LogP contribution in [-0.4, -0.2) is 91.6 Å². The van der Waals surface area contributed by atoms with Gasteiger partial charge in [0.1, 0.15) is 5.75 Å². The summed E-state index contributed by atoms with van der Waals surface area (Å²) < 4.78 is 5.54. The first-order chi connectivity index (χ1) is 15.6. The summed E-state index contributed by atoms with van der Waals surface area (Å²) in [6, 6.07) is 12.7. The Labute approximate surface area is 191 Å². The molecule has 0 saturated carbocycles. The molecule has 1 aromatic heterocycles. The summed E-state index contributed by atoms with van der Waals surface area (Å²) in [6.07, 6.45) is 5.89. The van der Waals surface area contributed by atoms with Crippen molar-refractivity contribution in [3.63, 3.8) is 0 Å². The number of para-hydroxylation sites is 2. The number of carbonyl (C=O) groups excluding carboxylic acids is 1. The van der Waals surface area contributed by atoms with Crippen molar-refractivity contribution in [2.75, 3.05) is 64.9 Å². The number of pyridine rings is 1. The number of amides is 1. The Morgan fingerprint density at radius 2 is 1.94 bits per heavy atom. The zero-order valence-electron chi connectivity index (χ0n) is 19.3. The van der Waals surface area contributed by atoms with E-state index in [1.54, 1.807) is 13.3 Å². The van der Waals surface area contributed by atoms with Gasteiger partial charge < -0.3 is 14.5 Å². The first-order valence-electron chi connectivity index (χ1n) is 11.6. The van der Waals surface area contributed by atoms with Gasteiger partial charge in [0.2, 0.25) is 5.91 Å². The van der Waals surface area contributed by atoms with Crippen LogP contribution in [0.5, 0.6) is 5.75 Å². The highest BCUT2D eigenvalue weighted by molar-refractivity contribution is 5.78. The van der Waals surface area contributed by atoms with Crippen LogP contribution in [0.15, 0.2) is 48.8 Å².